The summed E-state index contributed by atoms with van der Waals surface area (Å²) in [6.07, 6.45) is 0.828. The van der Waals surface area contributed by atoms with Crippen molar-refractivity contribution in [2.24, 2.45) is 5.92 Å². The van der Waals surface area contributed by atoms with E-state index in [1.165, 1.54) is 12.1 Å². The highest BCUT2D eigenvalue weighted by Gasteiger charge is 2.35. The zero-order valence-corrected chi connectivity index (χ0v) is 12.0. The maximum atomic E-state index is 13.8. The fourth-order valence-electron chi connectivity index (χ4n) is 2.22. The van der Waals surface area contributed by atoms with Crippen molar-refractivity contribution in [1.82, 2.24) is 4.31 Å². The Bertz CT molecular complexity index is 614. The molecule has 0 spiro atoms. The van der Waals surface area contributed by atoms with Crippen molar-refractivity contribution in [2.45, 2.75) is 17.7 Å². The van der Waals surface area contributed by atoms with Gasteiger partial charge in [-0.2, -0.15) is 4.31 Å². The van der Waals surface area contributed by atoms with Crippen molar-refractivity contribution in [2.75, 3.05) is 13.1 Å². The van der Waals surface area contributed by atoms with E-state index in [9.17, 15) is 17.6 Å². The van der Waals surface area contributed by atoms with Crippen LogP contribution in [0.15, 0.2) is 23.1 Å². The zero-order valence-electron chi connectivity index (χ0n) is 10.4. The standard InChI is InChI=1S/C12H13ClFNO4S/c13-9-4-1-5-10(14)11(9)20(18,19)15-6-2-3-8(7-15)12(16)17/h1,4-5,8H,2-3,6-7H2,(H,16,17). The molecule has 1 saturated heterocycles. The van der Waals surface area contributed by atoms with E-state index < -0.39 is 32.6 Å². The third kappa shape index (κ3) is 2.79. The number of rotatable bonds is 3. The van der Waals surface area contributed by atoms with Crippen molar-refractivity contribution < 1.29 is 22.7 Å². The minimum Gasteiger partial charge on any atom is -0.481 e. The number of sulfonamides is 1. The molecule has 1 heterocycles. The van der Waals surface area contributed by atoms with E-state index in [0.717, 1.165) is 10.4 Å². The number of hydrogen-bond acceptors (Lipinski definition) is 3. The van der Waals surface area contributed by atoms with Crippen molar-refractivity contribution in [1.29, 1.82) is 0 Å². The Morgan fingerprint density at radius 1 is 1.45 bits per heavy atom. The van der Waals surface area contributed by atoms with Gasteiger partial charge < -0.3 is 5.11 Å². The summed E-state index contributed by atoms with van der Waals surface area (Å²) in [6, 6.07) is 3.61. The average Bonchev–Trinajstić information content (AvgIpc) is 2.38. The van der Waals surface area contributed by atoms with Crippen LogP contribution < -0.4 is 0 Å². The number of benzene rings is 1. The van der Waals surface area contributed by atoms with Crippen LogP contribution in [0.25, 0.3) is 0 Å². The van der Waals surface area contributed by atoms with Gasteiger partial charge in [0.1, 0.15) is 10.7 Å². The maximum Gasteiger partial charge on any atom is 0.307 e. The summed E-state index contributed by atoms with van der Waals surface area (Å²) in [5.41, 5.74) is 0. The van der Waals surface area contributed by atoms with Crippen molar-refractivity contribution >= 4 is 27.6 Å². The predicted octanol–water partition coefficient (Wildman–Crippen LogP) is 1.96. The molecule has 1 aromatic carbocycles. The molecule has 110 valence electrons. The molecule has 20 heavy (non-hydrogen) atoms. The Balaban J connectivity index is 2.38. The average molecular weight is 322 g/mol. The molecular weight excluding hydrogens is 309 g/mol. The van der Waals surface area contributed by atoms with E-state index in [1.54, 1.807) is 0 Å². The van der Waals surface area contributed by atoms with E-state index in [1.807, 2.05) is 0 Å². The summed E-state index contributed by atoms with van der Waals surface area (Å²) >= 11 is 5.77. The van der Waals surface area contributed by atoms with Gasteiger partial charge in [-0.25, -0.2) is 12.8 Å². The maximum absolute atomic E-state index is 13.8. The number of hydrogen-bond donors (Lipinski definition) is 1. The Kier molecular flexibility index (Phi) is 4.31. The smallest absolute Gasteiger partial charge is 0.307 e. The van der Waals surface area contributed by atoms with Gasteiger partial charge >= 0.3 is 5.97 Å². The first-order valence-electron chi connectivity index (χ1n) is 6.01. The van der Waals surface area contributed by atoms with Crippen molar-refractivity contribution in [3.63, 3.8) is 0 Å². The topological polar surface area (TPSA) is 74.7 Å². The molecule has 0 aromatic heterocycles. The van der Waals surface area contributed by atoms with Gasteiger partial charge in [-0.1, -0.05) is 17.7 Å². The fraction of sp³-hybridized carbons (Fsp3) is 0.417. The molecule has 0 bridgehead atoms. The van der Waals surface area contributed by atoms with Gasteiger partial charge in [0.25, 0.3) is 0 Å². The van der Waals surface area contributed by atoms with Crippen LogP contribution in [0, 0.1) is 11.7 Å². The summed E-state index contributed by atoms with van der Waals surface area (Å²) in [5, 5.41) is 8.77. The molecule has 2 rings (SSSR count). The molecule has 0 saturated carbocycles. The van der Waals surface area contributed by atoms with Gasteiger partial charge in [-0.05, 0) is 25.0 Å². The molecule has 8 heteroatoms. The van der Waals surface area contributed by atoms with Crippen molar-refractivity contribution in [3.05, 3.63) is 29.0 Å². The van der Waals surface area contributed by atoms with Crippen LogP contribution in [0.1, 0.15) is 12.8 Å². The lowest BCUT2D eigenvalue weighted by Gasteiger charge is -2.30. The van der Waals surface area contributed by atoms with Crippen LogP contribution in [-0.2, 0) is 14.8 Å². The normalized spacial score (nSPS) is 20.8. The number of halogens is 2. The lowest BCUT2D eigenvalue weighted by Crippen LogP contribution is -2.42. The monoisotopic (exact) mass is 321 g/mol. The highest BCUT2D eigenvalue weighted by atomic mass is 35.5. The SMILES string of the molecule is O=C(O)C1CCCN(S(=O)(=O)c2c(F)cccc2Cl)C1. The van der Waals surface area contributed by atoms with Crippen LogP contribution in [-0.4, -0.2) is 36.9 Å². The number of carbonyl (C=O) groups is 1. The molecule has 1 aliphatic heterocycles. The highest BCUT2D eigenvalue weighted by Crippen LogP contribution is 2.30. The molecule has 0 radical (unpaired) electrons. The Morgan fingerprint density at radius 3 is 2.75 bits per heavy atom. The minimum absolute atomic E-state index is 0.163. The molecule has 0 aliphatic carbocycles. The predicted molar refractivity (Wildman–Crippen MR) is 70.5 cm³/mol. The summed E-state index contributed by atoms with van der Waals surface area (Å²) in [5.74, 6) is -2.76. The Hall–Kier alpha value is -1.18. The van der Waals surface area contributed by atoms with Crippen LogP contribution in [0.2, 0.25) is 5.02 Å². The molecule has 1 atom stereocenters. The van der Waals surface area contributed by atoms with E-state index in [2.05, 4.69) is 0 Å². The number of piperidine rings is 1. The van der Waals surface area contributed by atoms with E-state index in [4.69, 9.17) is 16.7 Å². The quantitative estimate of drug-likeness (QED) is 0.923. The molecule has 0 amide bonds. The first-order valence-corrected chi connectivity index (χ1v) is 7.83. The van der Waals surface area contributed by atoms with Gasteiger partial charge in [0, 0.05) is 13.1 Å². The number of aliphatic carboxylic acids is 1. The molecule has 1 N–H and O–H groups in total. The third-order valence-corrected chi connectivity index (χ3v) is 5.62. The van der Waals surface area contributed by atoms with E-state index in [-0.39, 0.29) is 18.1 Å². The van der Waals surface area contributed by atoms with Gasteiger partial charge in [0.05, 0.1) is 10.9 Å². The Morgan fingerprint density at radius 2 is 2.15 bits per heavy atom. The van der Waals surface area contributed by atoms with Crippen molar-refractivity contribution in [3.8, 4) is 0 Å². The van der Waals surface area contributed by atoms with Gasteiger partial charge in [-0.3, -0.25) is 4.79 Å². The summed E-state index contributed by atoms with van der Waals surface area (Å²) in [6.45, 7) is -0.000887. The van der Waals surface area contributed by atoms with E-state index in [0.29, 0.717) is 12.8 Å². The molecular formula is C12H13ClFNO4S. The molecule has 1 unspecified atom stereocenters. The summed E-state index contributed by atoms with van der Waals surface area (Å²) < 4.78 is 39.5. The number of carboxylic acids is 1. The first kappa shape index (κ1) is 15.2. The molecule has 1 aliphatic rings. The summed E-state index contributed by atoms with van der Waals surface area (Å²) in [4.78, 5) is 10.4. The molecule has 1 fully saturated rings. The second kappa shape index (κ2) is 5.67. The minimum atomic E-state index is -4.13. The number of carboxylic acid groups (broad SMARTS) is 1. The van der Waals surface area contributed by atoms with Crippen LogP contribution in [0.5, 0.6) is 0 Å². The highest BCUT2D eigenvalue weighted by molar-refractivity contribution is 7.89. The van der Waals surface area contributed by atoms with E-state index >= 15 is 0 Å². The van der Waals surface area contributed by atoms with Gasteiger partial charge in [0.2, 0.25) is 10.0 Å². The molecule has 5 nitrogen and oxygen atoms in total. The van der Waals surface area contributed by atoms with Crippen LogP contribution >= 0.6 is 11.6 Å². The third-order valence-electron chi connectivity index (χ3n) is 3.25. The number of nitrogens with zero attached hydrogens (tertiary/aromatic N) is 1. The van der Waals surface area contributed by atoms with Crippen LogP contribution in [0.4, 0.5) is 4.39 Å². The zero-order chi connectivity index (χ0) is 14.9. The second-order valence-electron chi connectivity index (χ2n) is 4.59. The lowest BCUT2D eigenvalue weighted by molar-refractivity contribution is -0.142. The second-order valence-corrected chi connectivity index (χ2v) is 6.87. The van der Waals surface area contributed by atoms with Crippen LogP contribution in [0.3, 0.4) is 0 Å². The largest absolute Gasteiger partial charge is 0.481 e. The lowest BCUT2D eigenvalue weighted by atomic mass is 10.0. The first-order chi connectivity index (χ1) is 9.34. The summed E-state index contributed by atoms with van der Waals surface area (Å²) in [7, 11) is -4.13. The van der Waals surface area contributed by atoms with Gasteiger partial charge in [-0.15, -0.1) is 0 Å². The van der Waals surface area contributed by atoms with Gasteiger partial charge in [0.15, 0.2) is 0 Å². The fourth-order valence-corrected chi connectivity index (χ4v) is 4.31. The molecule has 1 aromatic rings. The Labute approximate surface area is 121 Å².